The monoisotopic (exact) mass is 334 g/mol. The molecular weight excluding hydrogens is 311 g/mol. The number of aliphatic hydroxyl groups is 1. The molecule has 2 aromatic rings. The van der Waals surface area contributed by atoms with Crippen LogP contribution in [0.15, 0.2) is 41.0 Å². The van der Waals surface area contributed by atoms with Crippen LogP contribution in [0.5, 0.6) is 0 Å². The van der Waals surface area contributed by atoms with Crippen molar-refractivity contribution < 1.29 is 18.7 Å². The van der Waals surface area contributed by atoms with Gasteiger partial charge in [-0.2, -0.15) is 0 Å². The summed E-state index contributed by atoms with van der Waals surface area (Å²) in [6.45, 7) is 5.27. The van der Waals surface area contributed by atoms with Crippen molar-refractivity contribution in [1.82, 2.24) is 10.6 Å². The molecule has 2 rings (SSSR count). The van der Waals surface area contributed by atoms with Crippen LogP contribution in [0.1, 0.15) is 49.3 Å². The molecule has 5 nitrogen and oxygen atoms in total. The number of nitrogens with one attached hydrogen (secondary N) is 2. The highest BCUT2D eigenvalue weighted by atomic mass is 19.1. The van der Waals surface area contributed by atoms with Gasteiger partial charge in [-0.15, -0.1) is 0 Å². The number of aryl methyl sites for hydroxylation is 1. The Hall–Kier alpha value is -2.34. The maximum atomic E-state index is 13.6. The summed E-state index contributed by atoms with van der Waals surface area (Å²) in [6, 6.07) is 7.31. The highest BCUT2D eigenvalue weighted by molar-refractivity contribution is 5.74. The molecule has 6 heteroatoms. The van der Waals surface area contributed by atoms with Gasteiger partial charge in [-0.1, -0.05) is 12.1 Å². The first-order valence-electron chi connectivity index (χ1n) is 7.91. The van der Waals surface area contributed by atoms with Gasteiger partial charge in [0.1, 0.15) is 17.7 Å². The third-order valence-electron chi connectivity index (χ3n) is 3.87. The van der Waals surface area contributed by atoms with E-state index >= 15 is 0 Å². The molecular formula is C18H23FN2O3. The molecule has 24 heavy (non-hydrogen) atoms. The van der Waals surface area contributed by atoms with E-state index in [0.29, 0.717) is 23.3 Å². The number of hydrogen-bond acceptors (Lipinski definition) is 3. The van der Waals surface area contributed by atoms with Crippen molar-refractivity contribution in [3.63, 3.8) is 0 Å². The fourth-order valence-electron chi connectivity index (χ4n) is 2.41. The Bertz CT molecular complexity index is 673. The van der Waals surface area contributed by atoms with Crippen molar-refractivity contribution in [2.45, 2.75) is 45.4 Å². The van der Waals surface area contributed by atoms with Crippen molar-refractivity contribution in [3.8, 4) is 0 Å². The van der Waals surface area contributed by atoms with E-state index in [1.807, 2.05) is 0 Å². The number of benzene rings is 1. The molecule has 3 atom stereocenters. The Morgan fingerprint density at radius 1 is 1.29 bits per heavy atom. The van der Waals surface area contributed by atoms with Crippen LogP contribution in [0, 0.1) is 12.7 Å². The van der Waals surface area contributed by atoms with Crippen molar-refractivity contribution >= 4 is 6.03 Å². The molecule has 3 unspecified atom stereocenters. The van der Waals surface area contributed by atoms with Gasteiger partial charge in [0.05, 0.1) is 12.3 Å². The van der Waals surface area contributed by atoms with E-state index in [0.717, 1.165) is 0 Å². The van der Waals surface area contributed by atoms with Crippen molar-refractivity contribution in [2.75, 3.05) is 0 Å². The maximum Gasteiger partial charge on any atom is 0.315 e. The Labute approximate surface area is 140 Å². The highest BCUT2D eigenvalue weighted by Crippen LogP contribution is 2.19. The molecule has 1 aromatic heterocycles. The molecule has 3 N–H and O–H groups in total. The van der Waals surface area contributed by atoms with Gasteiger partial charge in [0.2, 0.25) is 0 Å². The first-order chi connectivity index (χ1) is 11.4. The molecule has 0 saturated heterocycles. The number of aliphatic hydroxyl groups excluding tert-OH is 1. The number of rotatable bonds is 6. The zero-order valence-corrected chi connectivity index (χ0v) is 14.0. The van der Waals surface area contributed by atoms with Gasteiger partial charge in [0.25, 0.3) is 0 Å². The lowest BCUT2D eigenvalue weighted by molar-refractivity contribution is 0.129. The molecule has 0 bridgehead atoms. The van der Waals surface area contributed by atoms with Crippen LogP contribution in [0.4, 0.5) is 9.18 Å². The molecule has 1 heterocycles. The molecule has 1 aromatic carbocycles. The predicted octanol–water partition coefficient (Wildman–Crippen LogP) is 3.60. The van der Waals surface area contributed by atoms with Crippen molar-refractivity contribution in [3.05, 3.63) is 59.3 Å². The minimum absolute atomic E-state index is 0.257. The molecule has 0 spiro atoms. The summed E-state index contributed by atoms with van der Waals surface area (Å²) in [5.41, 5.74) is 1.26. The highest BCUT2D eigenvalue weighted by Gasteiger charge is 2.17. The fourth-order valence-corrected chi connectivity index (χ4v) is 2.41. The summed E-state index contributed by atoms with van der Waals surface area (Å²) in [5.74, 6) is 0.170. The molecule has 0 aliphatic rings. The fraction of sp³-hybridized carbons (Fsp3) is 0.389. The Morgan fingerprint density at radius 3 is 2.67 bits per heavy atom. The summed E-state index contributed by atoms with van der Waals surface area (Å²) >= 11 is 0. The predicted molar refractivity (Wildman–Crippen MR) is 89.0 cm³/mol. The normalized spacial score (nSPS) is 14.7. The average molecular weight is 334 g/mol. The number of carbonyl (C=O) groups is 1. The van der Waals surface area contributed by atoms with Crippen molar-refractivity contribution in [1.29, 1.82) is 0 Å². The van der Waals surface area contributed by atoms with Crippen molar-refractivity contribution in [2.24, 2.45) is 0 Å². The third kappa shape index (κ3) is 4.83. The zero-order valence-electron chi connectivity index (χ0n) is 14.0. The van der Waals surface area contributed by atoms with E-state index in [4.69, 9.17) is 4.42 Å². The molecule has 0 aliphatic carbocycles. The second kappa shape index (κ2) is 7.97. The Kier molecular flexibility index (Phi) is 5.98. The van der Waals surface area contributed by atoms with E-state index in [9.17, 15) is 14.3 Å². The SMILES string of the molecule is Cc1ccc(C(C)NC(=O)NC(C)CC(O)c2ccco2)cc1F. The molecule has 0 saturated carbocycles. The lowest BCUT2D eigenvalue weighted by atomic mass is 10.1. The van der Waals surface area contributed by atoms with Gasteiger partial charge in [-0.25, -0.2) is 9.18 Å². The molecule has 130 valence electrons. The van der Waals surface area contributed by atoms with Crippen LogP contribution >= 0.6 is 0 Å². The lowest BCUT2D eigenvalue weighted by Gasteiger charge is -2.20. The summed E-state index contributed by atoms with van der Waals surface area (Å²) in [6.07, 6.45) is 1.04. The number of urea groups is 1. The molecule has 0 fully saturated rings. The molecule has 0 radical (unpaired) electrons. The summed E-state index contributed by atoms with van der Waals surface area (Å²) in [7, 11) is 0. The second-order valence-corrected chi connectivity index (χ2v) is 6.02. The van der Waals surface area contributed by atoms with Gasteiger partial charge < -0.3 is 20.2 Å². The lowest BCUT2D eigenvalue weighted by Crippen LogP contribution is -2.42. The van der Waals surface area contributed by atoms with Gasteiger partial charge in [-0.05, 0) is 50.1 Å². The van der Waals surface area contributed by atoms with Crippen LogP contribution in [-0.4, -0.2) is 17.2 Å². The average Bonchev–Trinajstić information content (AvgIpc) is 3.03. The Morgan fingerprint density at radius 2 is 2.04 bits per heavy atom. The largest absolute Gasteiger partial charge is 0.467 e. The standard InChI is InChI=1S/C18H23FN2O3/c1-11-6-7-14(10-15(11)19)13(3)21-18(23)20-12(2)9-16(22)17-5-4-8-24-17/h4-8,10,12-13,16,22H,9H2,1-3H3,(H2,20,21,23). The van der Waals surface area contributed by atoms with E-state index < -0.39 is 6.10 Å². The zero-order chi connectivity index (χ0) is 17.7. The Balaban J connectivity index is 1.84. The van der Waals surface area contributed by atoms with E-state index in [1.54, 1.807) is 45.0 Å². The van der Waals surface area contributed by atoms with E-state index in [1.165, 1.54) is 12.3 Å². The van der Waals surface area contributed by atoms with Crippen LogP contribution in [0.2, 0.25) is 0 Å². The van der Waals surface area contributed by atoms with E-state index in [2.05, 4.69) is 10.6 Å². The van der Waals surface area contributed by atoms with Crippen LogP contribution in [0.25, 0.3) is 0 Å². The quantitative estimate of drug-likeness (QED) is 0.755. The minimum atomic E-state index is -0.779. The number of halogens is 1. The van der Waals surface area contributed by atoms with Gasteiger partial charge in [-0.3, -0.25) is 0 Å². The first-order valence-corrected chi connectivity index (χ1v) is 7.91. The van der Waals surface area contributed by atoms with Gasteiger partial charge in [0.15, 0.2) is 0 Å². The number of carbonyl (C=O) groups excluding carboxylic acids is 1. The summed E-state index contributed by atoms with van der Waals surface area (Å²) in [4.78, 5) is 12.0. The number of amides is 2. The first kappa shape index (κ1) is 18.0. The van der Waals surface area contributed by atoms with Crippen LogP contribution < -0.4 is 10.6 Å². The third-order valence-corrected chi connectivity index (χ3v) is 3.87. The number of hydrogen-bond donors (Lipinski definition) is 3. The smallest absolute Gasteiger partial charge is 0.315 e. The summed E-state index contributed by atoms with van der Waals surface area (Å²) in [5, 5.41) is 15.5. The molecule has 2 amide bonds. The van der Waals surface area contributed by atoms with E-state index in [-0.39, 0.29) is 23.9 Å². The number of furan rings is 1. The topological polar surface area (TPSA) is 74.5 Å². The summed E-state index contributed by atoms with van der Waals surface area (Å²) < 4.78 is 18.7. The van der Waals surface area contributed by atoms with Crippen LogP contribution in [-0.2, 0) is 0 Å². The second-order valence-electron chi connectivity index (χ2n) is 6.02. The van der Waals surface area contributed by atoms with Gasteiger partial charge in [0, 0.05) is 12.5 Å². The van der Waals surface area contributed by atoms with Gasteiger partial charge >= 0.3 is 6.03 Å². The minimum Gasteiger partial charge on any atom is -0.467 e. The maximum absolute atomic E-state index is 13.6. The van der Waals surface area contributed by atoms with Crippen LogP contribution in [0.3, 0.4) is 0 Å². The molecule has 0 aliphatic heterocycles.